The predicted octanol–water partition coefficient (Wildman–Crippen LogP) is -3.41. The van der Waals surface area contributed by atoms with Gasteiger partial charge in [0.2, 0.25) is 0 Å². The van der Waals surface area contributed by atoms with Gasteiger partial charge in [0.1, 0.15) is 18.3 Å². The molecule has 1 aliphatic rings. The highest BCUT2D eigenvalue weighted by molar-refractivity contribution is 4.84. The third kappa shape index (κ3) is 1.86. The first-order valence-electron chi connectivity index (χ1n) is 2.97. The maximum atomic E-state index is 8.93. The van der Waals surface area contributed by atoms with E-state index >= 15 is 0 Å². The van der Waals surface area contributed by atoms with Crippen LogP contribution in [0, 0.1) is 0 Å². The summed E-state index contributed by atoms with van der Waals surface area (Å²) in [5, 5.41) is 35.0. The Balaban J connectivity index is 0.000001000. The Morgan fingerprint density at radius 3 is 1.82 bits per heavy atom. The molecule has 11 heavy (non-hydrogen) atoms. The lowest BCUT2D eigenvalue weighted by Gasteiger charge is -2.09. The number of aliphatic hydroxyl groups is 4. The molecule has 6 heteroatoms. The summed E-state index contributed by atoms with van der Waals surface area (Å²) in [6.07, 6.45) is -4.76. The van der Waals surface area contributed by atoms with Crippen LogP contribution in [0.2, 0.25) is 0 Å². The minimum Gasteiger partial charge on any atom is -0.412 e. The third-order valence-corrected chi connectivity index (χ3v) is 1.52. The van der Waals surface area contributed by atoms with E-state index in [1.165, 1.54) is 0 Å². The first-order valence-corrected chi connectivity index (χ1v) is 2.97. The Kier molecular flexibility index (Phi) is 3.87. The van der Waals surface area contributed by atoms with Crippen molar-refractivity contribution in [3.8, 4) is 0 Å². The van der Waals surface area contributed by atoms with Gasteiger partial charge < -0.3 is 30.6 Å². The summed E-state index contributed by atoms with van der Waals surface area (Å²) in [5.74, 6) is 0. The maximum absolute atomic E-state index is 8.93. The average Bonchev–Trinajstić information content (AvgIpc) is 2.17. The zero-order chi connectivity index (χ0) is 7.72. The topological polar surface area (TPSA) is 122 Å². The van der Waals surface area contributed by atoms with E-state index in [0.717, 1.165) is 0 Å². The molecule has 0 amide bonds. The Morgan fingerprint density at radius 2 is 1.64 bits per heavy atom. The van der Waals surface area contributed by atoms with Crippen LogP contribution < -0.4 is 0 Å². The lowest BCUT2D eigenvalue weighted by Crippen LogP contribution is -2.33. The Hall–Kier alpha value is -0.240. The van der Waals surface area contributed by atoms with Crippen molar-refractivity contribution >= 4 is 0 Å². The van der Waals surface area contributed by atoms with E-state index in [9.17, 15) is 0 Å². The molecular weight excluding hydrogens is 156 g/mol. The Morgan fingerprint density at radius 1 is 1.09 bits per heavy atom. The lowest BCUT2D eigenvalue weighted by atomic mass is 10.1. The summed E-state index contributed by atoms with van der Waals surface area (Å²) in [6, 6.07) is 0. The number of hydrogen-bond donors (Lipinski definition) is 4. The van der Waals surface area contributed by atoms with Crippen LogP contribution in [0.15, 0.2) is 0 Å². The van der Waals surface area contributed by atoms with E-state index in [1.807, 2.05) is 0 Å². The summed E-state index contributed by atoms with van der Waals surface area (Å²) >= 11 is 0. The van der Waals surface area contributed by atoms with Crippen LogP contribution in [0.25, 0.3) is 0 Å². The highest BCUT2D eigenvalue weighted by Crippen LogP contribution is 2.18. The largest absolute Gasteiger partial charge is 0.412 e. The second-order valence-electron chi connectivity index (χ2n) is 2.23. The van der Waals surface area contributed by atoms with Crippen molar-refractivity contribution in [2.24, 2.45) is 0 Å². The quantitative estimate of drug-likeness (QED) is 0.325. The first-order chi connectivity index (χ1) is 4.66. The first kappa shape index (κ1) is 10.8. The van der Waals surface area contributed by atoms with E-state index in [4.69, 9.17) is 20.4 Å². The summed E-state index contributed by atoms with van der Waals surface area (Å²) in [5.41, 5.74) is 0. The average molecular weight is 168 g/mol. The normalized spacial score (nSPS) is 43.6. The molecule has 0 aliphatic carbocycles. The summed E-state index contributed by atoms with van der Waals surface area (Å²) in [7, 11) is 0. The van der Waals surface area contributed by atoms with Crippen LogP contribution in [0.3, 0.4) is 0 Å². The fourth-order valence-electron chi connectivity index (χ4n) is 0.880. The van der Waals surface area contributed by atoms with Gasteiger partial charge in [0.25, 0.3) is 0 Å². The zero-order valence-electron chi connectivity index (χ0n) is 5.71. The van der Waals surface area contributed by atoms with Crippen LogP contribution in [-0.4, -0.2) is 57.1 Å². The van der Waals surface area contributed by atoms with E-state index in [2.05, 4.69) is 4.74 Å². The molecule has 0 aromatic carbocycles. The fourth-order valence-corrected chi connectivity index (χ4v) is 0.880. The van der Waals surface area contributed by atoms with Gasteiger partial charge in [0.15, 0.2) is 6.29 Å². The van der Waals surface area contributed by atoms with Gasteiger partial charge in [-0.05, 0) is 0 Å². The van der Waals surface area contributed by atoms with Crippen molar-refractivity contribution in [3.63, 3.8) is 0 Å². The molecule has 0 saturated carbocycles. The van der Waals surface area contributed by atoms with E-state index in [-0.39, 0.29) is 5.48 Å². The lowest BCUT2D eigenvalue weighted by molar-refractivity contribution is -0.132. The molecule has 6 N–H and O–H groups in total. The van der Waals surface area contributed by atoms with Gasteiger partial charge in [-0.15, -0.1) is 0 Å². The van der Waals surface area contributed by atoms with E-state index < -0.39 is 31.2 Å². The third-order valence-electron chi connectivity index (χ3n) is 1.52. The van der Waals surface area contributed by atoms with Gasteiger partial charge in [0, 0.05) is 0 Å². The van der Waals surface area contributed by atoms with Crippen LogP contribution in [0.4, 0.5) is 0 Å². The Labute approximate surface area is 63.0 Å². The van der Waals surface area contributed by atoms with Crippen LogP contribution in [0.1, 0.15) is 0 Å². The summed E-state index contributed by atoms with van der Waals surface area (Å²) in [6.45, 7) is -0.407. The van der Waals surface area contributed by atoms with Crippen molar-refractivity contribution in [2.45, 2.75) is 24.6 Å². The van der Waals surface area contributed by atoms with Crippen molar-refractivity contribution in [1.29, 1.82) is 0 Å². The fraction of sp³-hybridized carbons (Fsp3) is 1.00. The number of hydrogen-bond acceptors (Lipinski definition) is 5. The molecule has 1 saturated heterocycles. The van der Waals surface area contributed by atoms with Gasteiger partial charge in [-0.3, -0.25) is 0 Å². The van der Waals surface area contributed by atoms with Gasteiger partial charge in [-0.25, -0.2) is 0 Å². The van der Waals surface area contributed by atoms with Crippen LogP contribution in [-0.2, 0) is 4.74 Å². The number of aliphatic hydroxyl groups excluding tert-OH is 4. The van der Waals surface area contributed by atoms with Gasteiger partial charge in [-0.1, -0.05) is 0 Å². The van der Waals surface area contributed by atoms with Gasteiger partial charge in [0.05, 0.1) is 6.61 Å². The molecule has 1 rings (SSSR count). The van der Waals surface area contributed by atoms with Crippen LogP contribution in [0.5, 0.6) is 0 Å². The molecule has 1 aliphatic heterocycles. The van der Waals surface area contributed by atoms with Crippen LogP contribution >= 0.6 is 0 Å². The summed E-state index contributed by atoms with van der Waals surface area (Å²) in [4.78, 5) is 0. The monoisotopic (exact) mass is 168 g/mol. The highest BCUT2D eigenvalue weighted by atomic mass is 16.6. The standard InChI is InChI=1S/C5H10O5.H2O/c6-1-2-3(7)4(8)5(9)10-2;/h2-9H,1H2;1H2/t2-,3+,4-,5+;/m1./s1. The van der Waals surface area contributed by atoms with E-state index in [1.54, 1.807) is 0 Å². The number of rotatable bonds is 1. The molecule has 1 fully saturated rings. The van der Waals surface area contributed by atoms with Crippen molar-refractivity contribution in [3.05, 3.63) is 0 Å². The molecule has 1 heterocycles. The maximum Gasteiger partial charge on any atom is 0.184 e. The summed E-state index contributed by atoms with van der Waals surface area (Å²) < 4.78 is 4.54. The van der Waals surface area contributed by atoms with E-state index in [0.29, 0.717) is 0 Å². The van der Waals surface area contributed by atoms with Gasteiger partial charge in [-0.2, -0.15) is 0 Å². The molecule has 0 radical (unpaired) electrons. The molecular formula is C5H12O6. The van der Waals surface area contributed by atoms with Crippen molar-refractivity contribution in [2.75, 3.05) is 6.61 Å². The minimum absolute atomic E-state index is 0. The highest BCUT2D eigenvalue weighted by Gasteiger charge is 2.41. The minimum atomic E-state index is -1.38. The second kappa shape index (κ2) is 3.96. The Bertz CT molecular complexity index is 118. The molecule has 0 bridgehead atoms. The molecule has 6 nitrogen and oxygen atoms in total. The molecule has 4 atom stereocenters. The predicted molar refractivity (Wildman–Crippen MR) is 33.6 cm³/mol. The molecule has 0 aromatic rings. The molecule has 0 aromatic heterocycles. The SMILES string of the molecule is O.OC[C@H]1O[C@H](O)[C@H](O)[C@H]1O. The van der Waals surface area contributed by atoms with Gasteiger partial charge >= 0.3 is 0 Å². The zero-order valence-corrected chi connectivity index (χ0v) is 5.71. The molecule has 0 unspecified atom stereocenters. The molecule has 68 valence electrons. The number of ether oxygens (including phenoxy) is 1. The second-order valence-corrected chi connectivity index (χ2v) is 2.23. The van der Waals surface area contributed by atoms with Crippen molar-refractivity contribution in [1.82, 2.24) is 0 Å². The smallest absolute Gasteiger partial charge is 0.184 e. The van der Waals surface area contributed by atoms with Crippen molar-refractivity contribution < 1.29 is 30.6 Å². The molecule has 0 spiro atoms.